The number of hydrogen-bond donors (Lipinski definition) is 3. The Hall–Kier alpha value is -2.73. The molecule has 2 saturated heterocycles. The summed E-state index contributed by atoms with van der Waals surface area (Å²) in [6.07, 6.45) is 5.23. The number of carbonyl (C=O) groups is 2. The second-order valence-electron chi connectivity index (χ2n) is 8.12. The Kier molecular flexibility index (Phi) is 5.90. The quantitative estimate of drug-likeness (QED) is 0.700. The zero-order valence-corrected chi connectivity index (χ0v) is 16.3. The van der Waals surface area contributed by atoms with Gasteiger partial charge in [0.25, 0.3) is 5.91 Å². The van der Waals surface area contributed by atoms with Gasteiger partial charge in [-0.25, -0.2) is 4.39 Å². The standard InChI is InChI=1S/C23H26FN3O2/c24-18-6-4-17(5-7-18)23(29)27-19-3-1-2-15(10-19)14-25-22(28)13-16-11-20-8-9-21(12-16)26-20/h1-7,10,16,20-21,26H,8-9,11-14H2,(H,25,28)(H,27,29). The van der Waals surface area contributed by atoms with E-state index in [9.17, 15) is 14.0 Å². The lowest BCUT2D eigenvalue weighted by atomic mass is 9.89. The van der Waals surface area contributed by atoms with Gasteiger partial charge in [-0.15, -0.1) is 0 Å². The first-order valence-corrected chi connectivity index (χ1v) is 10.2. The predicted octanol–water partition coefficient (Wildman–Crippen LogP) is 3.61. The van der Waals surface area contributed by atoms with Crippen molar-refractivity contribution in [3.63, 3.8) is 0 Å². The molecule has 2 aliphatic rings. The van der Waals surface area contributed by atoms with E-state index in [-0.39, 0.29) is 17.6 Å². The smallest absolute Gasteiger partial charge is 0.255 e. The molecule has 2 fully saturated rings. The third-order valence-electron chi connectivity index (χ3n) is 5.83. The van der Waals surface area contributed by atoms with Gasteiger partial charge in [0.05, 0.1) is 0 Å². The molecule has 6 heteroatoms. The van der Waals surface area contributed by atoms with Crippen molar-refractivity contribution in [3.05, 3.63) is 65.5 Å². The van der Waals surface area contributed by atoms with Crippen LogP contribution in [0, 0.1) is 11.7 Å². The zero-order valence-electron chi connectivity index (χ0n) is 16.3. The number of hydrogen-bond acceptors (Lipinski definition) is 3. The first kappa shape index (κ1) is 19.6. The van der Waals surface area contributed by atoms with Gasteiger partial charge in [0.15, 0.2) is 0 Å². The van der Waals surface area contributed by atoms with Gasteiger partial charge >= 0.3 is 0 Å². The third-order valence-corrected chi connectivity index (χ3v) is 5.83. The predicted molar refractivity (Wildman–Crippen MR) is 110 cm³/mol. The number of fused-ring (bicyclic) bond motifs is 2. The molecule has 5 nitrogen and oxygen atoms in total. The summed E-state index contributed by atoms with van der Waals surface area (Å²) < 4.78 is 13.0. The topological polar surface area (TPSA) is 70.2 Å². The normalized spacial score (nSPS) is 22.9. The molecular weight excluding hydrogens is 369 g/mol. The fourth-order valence-corrected chi connectivity index (χ4v) is 4.44. The van der Waals surface area contributed by atoms with E-state index in [0.29, 0.717) is 42.2 Å². The van der Waals surface area contributed by atoms with Crippen LogP contribution in [0.2, 0.25) is 0 Å². The van der Waals surface area contributed by atoms with Gasteiger partial charge in [0.1, 0.15) is 5.82 Å². The summed E-state index contributed by atoms with van der Waals surface area (Å²) in [5, 5.41) is 9.41. The third kappa shape index (κ3) is 5.21. The molecule has 2 bridgehead atoms. The van der Waals surface area contributed by atoms with E-state index in [0.717, 1.165) is 18.4 Å². The average Bonchev–Trinajstić information content (AvgIpc) is 3.05. The molecule has 2 heterocycles. The van der Waals surface area contributed by atoms with Crippen LogP contribution in [0.5, 0.6) is 0 Å². The Morgan fingerprint density at radius 3 is 2.48 bits per heavy atom. The van der Waals surface area contributed by atoms with Crippen LogP contribution in [0.1, 0.15) is 48.0 Å². The maximum Gasteiger partial charge on any atom is 0.255 e. The molecule has 0 radical (unpaired) electrons. The fraction of sp³-hybridized carbons (Fsp3) is 0.391. The van der Waals surface area contributed by atoms with E-state index in [1.54, 1.807) is 6.07 Å². The Bertz CT molecular complexity index is 872. The molecule has 2 unspecified atom stereocenters. The highest BCUT2D eigenvalue weighted by atomic mass is 19.1. The molecule has 2 aliphatic heterocycles. The van der Waals surface area contributed by atoms with Gasteiger partial charge in [0.2, 0.25) is 5.91 Å². The Morgan fingerprint density at radius 2 is 1.76 bits per heavy atom. The minimum Gasteiger partial charge on any atom is -0.352 e. The van der Waals surface area contributed by atoms with Gasteiger partial charge < -0.3 is 16.0 Å². The average molecular weight is 395 g/mol. The highest BCUT2D eigenvalue weighted by molar-refractivity contribution is 6.04. The fourth-order valence-electron chi connectivity index (χ4n) is 4.44. The number of rotatable bonds is 6. The van der Waals surface area contributed by atoms with E-state index in [1.807, 2.05) is 18.2 Å². The largest absolute Gasteiger partial charge is 0.352 e. The van der Waals surface area contributed by atoms with Crippen molar-refractivity contribution >= 4 is 17.5 Å². The molecule has 2 aromatic carbocycles. The SMILES string of the molecule is O=C(CC1CC2CCC(C1)N2)NCc1cccc(NC(=O)c2ccc(F)cc2)c1. The van der Waals surface area contributed by atoms with Crippen LogP contribution in [0.4, 0.5) is 10.1 Å². The monoisotopic (exact) mass is 395 g/mol. The first-order chi connectivity index (χ1) is 14.0. The number of nitrogens with one attached hydrogen (secondary N) is 3. The molecule has 0 saturated carbocycles. The van der Waals surface area contributed by atoms with Crippen molar-refractivity contribution in [2.45, 2.75) is 50.7 Å². The maximum absolute atomic E-state index is 13.0. The second-order valence-corrected chi connectivity index (χ2v) is 8.12. The van der Waals surface area contributed by atoms with E-state index < -0.39 is 0 Å². The van der Waals surface area contributed by atoms with E-state index in [1.165, 1.54) is 37.1 Å². The molecule has 152 valence electrons. The van der Waals surface area contributed by atoms with Crippen molar-refractivity contribution in [2.24, 2.45) is 5.92 Å². The Balaban J connectivity index is 1.27. The first-order valence-electron chi connectivity index (χ1n) is 10.2. The van der Waals surface area contributed by atoms with E-state index >= 15 is 0 Å². The zero-order chi connectivity index (χ0) is 20.2. The second kappa shape index (κ2) is 8.74. The molecule has 4 rings (SSSR count). The lowest BCUT2D eigenvalue weighted by Crippen LogP contribution is -2.39. The van der Waals surface area contributed by atoms with Gasteiger partial charge in [0, 0.05) is 36.3 Å². The number of amides is 2. The van der Waals surface area contributed by atoms with Crippen molar-refractivity contribution in [1.82, 2.24) is 10.6 Å². The molecule has 29 heavy (non-hydrogen) atoms. The van der Waals surface area contributed by atoms with Crippen LogP contribution in [-0.2, 0) is 11.3 Å². The van der Waals surface area contributed by atoms with Crippen LogP contribution in [0.3, 0.4) is 0 Å². The van der Waals surface area contributed by atoms with Gasteiger partial charge in [-0.05, 0) is 73.6 Å². The molecule has 2 amide bonds. The van der Waals surface area contributed by atoms with Crippen LogP contribution >= 0.6 is 0 Å². The van der Waals surface area contributed by atoms with Gasteiger partial charge in [-0.2, -0.15) is 0 Å². The summed E-state index contributed by atoms with van der Waals surface area (Å²) in [7, 11) is 0. The minimum atomic E-state index is -0.378. The Morgan fingerprint density at radius 1 is 1.03 bits per heavy atom. The van der Waals surface area contributed by atoms with Crippen LogP contribution in [0.25, 0.3) is 0 Å². The van der Waals surface area contributed by atoms with Crippen molar-refractivity contribution in [1.29, 1.82) is 0 Å². The number of carbonyl (C=O) groups excluding carboxylic acids is 2. The molecule has 2 atom stereocenters. The highest BCUT2D eigenvalue weighted by Crippen LogP contribution is 2.32. The Labute approximate surface area is 170 Å². The minimum absolute atomic E-state index is 0.0806. The maximum atomic E-state index is 13.0. The molecule has 3 N–H and O–H groups in total. The summed E-state index contributed by atoms with van der Waals surface area (Å²) in [5.74, 6) is -0.129. The summed E-state index contributed by atoms with van der Waals surface area (Å²) >= 11 is 0. The van der Waals surface area contributed by atoms with Crippen LogP contribution in [0.15, 0.2) is 48.5 Å². The molecule has 0 aliphatic carbocycles. The summed E-state index contributed by atoms with van der Waals surface area (Å²) in [6, 6.07) is 14.0. The molecule has 0 spiro atoms. The molecule has 0 aromatic heterocycles. The van der Waals surface area contributed by atoms with Gasteiger partial charge in [-0.1, -0.05) is 12.1 Å². The molecular formula is C23H26FN3O2. The summed E-state index contributed by atoms with van der Waals surface area (Å²) in [6.45, 7) is 0.427. The number of anilines is 1. The van der Waals surface area contributed by atoms with Crippen molar-refractivity contribution in [3.8, 4) is 0 Å². The van der Waals surface area contributed by atoms with E-state index in [2.05, 4.69) is 16.0 Å². The highest BCUT2D eigenvalue weighted by Gasteiger charge is 2.34. The van der Waals surface area contributed by atoms with Crippen LogP contribution in [-0.4, -0.2) is 23.9 Å². The lowest BCUT2D eigenvalue weighted by Gasteiger charge is -2.28. The number of benzene rings is 2. The van der Waals surface area contributed by atoms with Gasteiger partial charge in [-0.3, -0.25) is 9.59 Å². The van der Waals surface area contributed by atoms with E-state index in [4.69, 9.17) is 0 Å². The van der Waals surface area contributed by atoms with Crippen LogP contribution < -0.4 is 16.0 Å². The number of piperidine rings is 1. The lowest BCUT2D eigenvalue weighted by molar-refractivity contribution is -0.122. The number of halogens is 1. The van der Waals surface area contributed by atoms with Crippen molar-refractivity contribution in [2.75, 3.05) is 5.32 Å². The van der Waals surface area contributed by atoms with Crippen molar-refractivity contribution < 1.29 is 14.0 Å². The summed E-state index contributed by atoms with van der Waals surface area (Å²) in [5.41, 5.74) is 1.95. The summed E-state index contributed by atoms with van der Waals surface area (Å²) in [4.78, 5) is 24.6. The molecule has 2 aromatic rings.